The summed E-state index contributed by atoms with van der Waals surface area (Å²) in [6.07, 6.45) is 8.59. The van der Waals surface area contributed by atoms with Gasteiger partial charge in [-0.1, -0.05) is 12.1 Å². The number of hydrogen-bond donors (Lipinski definition) is 2. The highest BCUT2D eigenvalue weighted by molar-refractivity contribution is 6.08. The van der Waals surface area contributed by atoms with Crippen LogP contribution in [0.15, 0.2) is 60.9 Å². The van der Waals surface area contributed by atoms with Gasteiger partial charge in [0.15, 0.2) is 5.69 Å². The number of H-pyrrole nitrogens is 1. The van der Waals surface area contributed by atoms with Crippen molar-refractivity contribution in [2.45, 2.75) is 44.2 Å². The lowest BCUT2D eigenvalue weighted by Gasteiger charge is -2.39. The number of carbonyl (C=O) groups is 2. The third-order valence-electron chi connectivity index (χ3n) is 7.38. The van der Waals surface area contributed by atoms with Gasteiger partial charge in [0.2, 0.25) is 0 Å². The van der Waals surface area contributed by atoms with E-state index in [1.54, 1.807) is 36.1 Å². The number of rotatable bonds is 5. The van der Waals surface area contributed by atoms with E-state index in [0.29, 0.717) is 22.9 Å². The van der Waals surface area contributed by atoms with Gasteiger partial charge in [-0.3, -0.25) is 14.3 Å². The van der Waals surface area contributed by atoms with Gasteiger partial charge >= 0.3 is 0 Å². The molecule has 2 saturated heterocycles. The van der Waals surface area contributed by atoms with Gasteiger partial charge in [0.05, 0.1) is 11.3 Å². The Bertz CT molecular complexity index is 1390. The maximum atomic E-state index is 13.7. The molecular formula is C27H28N6O2. The molecule has 0 radical (unpaired) electrons. The van der Waals surface area contributed by atoms with Crippen molar-refractivity contribution in [3.05, 3.63) is 77.9 Å². The fourth-order valence-electron chi connectivity index (χ4n) is 5.81. The van der Waals surface area contributed by atoms with Crippen LogP contribution in [0.5, 0.6) is 0 Å². The molecule has 0 spiro atoms. The van der Waals surface area contributed by atoms with E-state index in [0.717, 1.165) is 48.8 Å². The first-order valence-electron chi connectivity index (χ1n) is 12.2. The number of hydrogen-bond acceptors (Lipinski definition) is 4. The van der Waals surface area contributed by atoms with Crippen LogP contribution >= 0.6 is 0 Å². The lowest BCUT2D eigenvalue weighted by Crippen LogP contribution is -2.47. The van der Waals surface area contributed by atoms with Crippen molar-refractivity contribution in [2.24, 2.45) is 13.0 Å². The van der Waals surface area contributed by atoms with Crippen LogP contribution in [0.3, 0.4) is 0 Å². The lowest BCUT2D eigenvalue weighted by atomic mass is 9.86. The minimum absolute atomic E-state index is 0.00111. The summed E-state index contributed by atoms with van der Waals surface area (Å²) in [5.74, 6) is 0.188. The first kappa shape index (κ1) is 21.6. The average Bonchev–Trinajstić information content (AvgIpc) is 3.56. The van der Waals surface area contributed by atoms with Gasteiger partial charge in [-0.05, 0) is 74.4 Å². The molecule has 2 bridgehead atoms. The quantitative estimate of drug-likeness (QED) is 0.459. The van der Waals surface area contributed by atoms with Crippen molar-refractivity contribution in [1.82, 2.24) is 24.6 Å². The zero-order valence-electron chi connectivity index (χ0n) is 19.6. The van der Waals surface area contributed by atoms with Crippen LogP contribution in [0.25, 0.3) is 11.0 Å². The molecule has 3 aromatic heterocycles. The standard InChI is InChI=1S/C27H28N6O2/c1-32-13-11-24(31-32)26(34)30-23-5-3-2-4-22(23)27(35)33-20-8-9-21(33)16-17(15-20)14-19-7-6-18-10-12-28-25(18)29-19/h2-7,10-13,17,20-21H,8-9,14-16H2,1H3,(H,28,29)(H,30,34). The van der Waals surface area contributed by atoms with E-state index in [9.17, 15) is 9.59 Å². The summed E-state index contributed by atoms with van der Waals surface area (Å²) in [5.41, 5.74) is 3.42. The summed E-state index contributed by atoms with van der Waals surface area (Å²) in [6.45, 7) is 0. The maximum Gasteiger partial charge on any atom is 0.276 e. The average molecular weight is 469 g/mol. The molecule has 0 saturated carbocycles. The molecule has 2 N–H and O–H groups in total. The van der Waals surface area contributed by atoms with E-state index in [2.05, 4.69) is 32.4 Å². The molecule has 0 aliphatic carbocycles. The van der Waals surface area contributed by atoms with Crippen LogP contribution in [-0.2, 0) is 13.5 Å². The number of piperidine rings is 1. The Labute approximate surface area is 203 Å². The Morgan fingerprint density at radius 1 is 1.06 bits per heavy atom. The minimum Gasteiger partial charge on any atom is -0.346 e. The van der Waals surface area contributed by atoms with E-state index in [-0.39, 0.29) is 23.9 Å². The molecule has 35 heavy (non-hydrogen) atoms. The number of amides is 2. The molecular weight excluding hydrogens is 440 g/mol. The van der Waals surface area contributed by atoms with Crippen LogP contribution in [0.2, 0.25) is 0 Å². The fraction of sp³-hybridized carbons (Fsp3) is 0.333. The van der Waals surface area contributed by atoms with Gasteiger partial charge < -0.3 is 15.2 Å². The van der Waals surface area contributed by atoms with Gasteiger partial charge in [0, 0.05) is 42.6 Å². The molecule has 178 valence electrons. The largest absolute Gasteiger partial charge is 0.346 e. The molecule has 1 aromatic carbocycles. The third-order valence-corrected chi connectivity index (χ3v) is 7.38. The van der Waals surface area contributed by atoms with E-state index >= 15 is 0 Å². The first-order valence-corrected chi connectivity index (χ1v) is 12.2. The van der Waals surface area contributed by atoms with Crippen molar-refractivity contribution in [2.75, 3.05) is 5.32 Å². The molecule has 8 nitrogen and oxygen atoms in total. The zero-order valence-corrected chi connectivity index (χ0v) is 19.6. The second-order valence-corrected chi connectivity index (χ2v) is 9.73. The summed E-state index contributed by atoms with van der Waals surface area (Å²) in [6, 6.07) is 15.6. The number of nitrogens with one attached hydrogen (secondary N) is 2. The summed E-state index contributed by atoms with van der Waals surface area (Å²) in [7, 11) is 1.77. The van der Waals surface area contributed by atoms with Gasteiger partial charge in [0.25, 0.3) is 11.8 Å². The Balaban J connectivity index is 1.17. The second-order valence-electron chi connectivity index (χ2n) is 9.73. The molecule has 2 aliphatic rings. The summed E-state index contributed by atoms with van der Waals surface area (Å²) in [5, 5.41) is 8.18. The molecule has 2 fully saturated rings. The highest BCUT2D eigenvalue weighted by Crippen LogP contribution is 2.41. The summed E-state index contributed by atoms with van der Waals surface area (Å²) < 4.78 is 1.58. The highest BCUT2D eigenvalue weighted by atomic mass is 16.2. The first-order chi connectivity index (χ1) is 17.0. The monoisotopic (exact) mass is 468 g/mol. The molecule has 4 aromatic rings. The number of aryl methyl sites for hydroxylation is 1. The number of aromatic nitrogens is 4. The molecule has 2 atom stereocenters. The SMILES string of the molecule is Cn1ccc(C(=O)Nc2ccccc2C(=O)N2C3CCC2CC(Cc2ccc4cc[nH]c4n2)C3)n1. The van der Waals surface area contributed by atoms with Gasteiger partial charge in [0.1, 0.15) is 5.65 Å². The number of anilines is 1. The second kappa shape index (κ2) is 8.69. The van der Waals surface area contributed by atoms with E-state index < -0.39 is 0 Å². The van der Waals surface area contributed by atoms with E-state index in [1.807, 2.05) is 24.4 Å². The predicted molar refractivity (Wildman–Crippen MR) is 133 cm³/mol. The van der Waals surface area contributed by atoms with Crippen molar-refractivity contribution in [1.29, 1.82) is 0 Å². The summed E-state index contributed by atoms with van der Waals surface area (Å²) >= 11 is 0. The smallest absolute Gasteiger partial charge is 0.276 e. The number of benzene rings is 1. The molecule has 2 aliphatic heterocycles. The van der Waals surface area contributed by atoms with Crippen LogP contribution in [0, 0.1) is 5.92 Å². The molecule has 2 unspecified atom stereocenters. The van der Waals surface area contributed by atoms with Crippen LogP contribution in [0.4, 0.5) is 5.69 Å². The van der Waals surface area contributed by atoms with Crippen molar-refractivity contribution < 1.29 is 9.59 Å². The lowest BCUT2D eigenvalue weighted by molar-refractivity contribution is 0.0525. The minimum atomic E-state index is -0.320. The molecule has 6 rings (SSSR count). The Kier molecular flexibility index (Phi) is 5.36. The zero-order chi connectivity index (χ0) is 23.9. The number of fused-ring (bicyclic) bond motifs is 3. The van der Waals surface area contributed by atoms with Crippen molar-refractivity contribution in [3.8, 4) is 0 Å². The van der Waals surface area contributed by atoms with Gasteiger partial charge in [-0.15, -0.1) is 0 Å². The van der Waals surface area contributed by atoms with Crippen LogP contribution in [-0.4, -0.2) is 48.5 Å². The number of carbonyl (C=O) groups excluding carboxylic acids is 2. The molecule has 8 heteroatoms. The number of aromatic amines is 1. The normalized spacial score (nSPS) is 21.4. The number of nitrogens with zero attached hydrogens (tertiary/aromatic N) is 4. The van der Waals surface area contributed by atoms with E-state index in [4.69, 9.17) is 4.98 Å². The number of para-hydroxylation sites is 1. The molecule has 5 heterocycles. The molecule has 2 amide bonds. The predicted octanol–water partition coefficient (Wildman–Crippen LogP) is 4.17. The van der Waals surface area contributed by atoms with Crippen molar-refractivity contribution >= 4 is 28.5 Å². The third kappa shape index (κ3) is 4.09. The fourth-order valence-corrected chi connectivity index (χ4v) is 5.81. The Morgan fingerprint density at radius 2 is 1.86 bits per heavy atom. The maximum absolute atomic E-state index is 13.7. The number of pyridine rings is 1. The Morgan fingerprint density at radius 3 is 2.63 bits per heavy atom. The topological polar surface area (TPSA) is 95.9 Å². The highest BCUT2D eigenvalue weighted by Gasteiger charge is 2.43. The van der Waals surface area contributed by atoms with Gasteiger partial charge in [-0.25, -0.2) is 4.98 Å². The van der Waals surface area contributed by atoms with Crippen molar-refractivity contribution in [3.63, 3.8) is 0 Å². The summed E-state index contributed by atoms with van der Waals surface area (Å²) in [4.78, 5) is 36.5. The van der Waals surface area contributed by atoms with Gasteiger partial charge in [-0.2, -0.15) is 5.10 Å². The van der Waals surface area contributed by atoms with Crippen LogP contribution in [0.1, 0.15) is 52.2 Å². The Hall–Kier alpha value is -3.94. The van der Waals surface area contributed by atoms with E-state index in [1.165, 1.54) is 0 Å². The van der Waals surface area contributed by atoms with Crippen LogP contribution < -0.4 is 5.32 Å².